The van der Waals surface area contributed by atoms with Crippen molar-refractivity contribution < 1.29 is 9.47 Å². The quantitative estimate of drug-likeness (QED) is 0.861. The Morgan fingerprint density at radius 3 is 2.93 bits per heavy atom. The lowest BCUT2D eigenvalue weighted by molar-refractivity contribution is 0.0365. The lowest BCUT2D eigenvalue weighted by Gasteiger charge is -2.16. The number of nitrogens with one attached hydrogen (secondary N) is 1. The highest BCUT2D eigenvalue weighted by Crippen LogP contribution is 2.19. The Hall–Kier alpha value is -0.650. The third-order valence-corrected chi connectivity index (χ3v) is 2.61. The molecule has 1 rings (SSSR count). The van der Waals surface area contributed by atoms with Crippen LogP contribution in [0.25, 0.3) is 0 Å². The highest BCUT2D eigenvalue weighted by Gasteiger charge is 2.07. The molecule has 5 heteroatoms. The fourth-order valence-corrected chi connectivity index (χ4v) is 1.53. The van der Waals surface area contributed by atoms with Gasteiger partial charge in [0.25, 0.3) is 0 Å². The van der Waals surface area contributed by atoms with Gasteiger partial charge in [-0.1, -0.05) is 0 Å². The second-order valence-corrected chi connectivity index (χ2v) is 3.90. The van der Waals surface area contributed by atoms with Crippen molar-refractivity contribution >= 4 is 21.6 Å². The number of rotatable bonds is 6. The van der Waals surface area contributed by atoms with Gasteiger partial charge in [0.2, 0.25) is 0 Å². The van der Waals surface area contributed by atoms with E-state index in [0.29, 0.717) is 13.2 Å². The van der Waals surface area contributed by atoms with Crippen molar-refractivity contribution in [2.45, 2.75) is 6.10 Å². The van der Waals surface area contributed by atoms with Crippen LogP contribution in [0.15, 0.2) is 22.9 Å². The van der Waals surface area contributed by atoms with E-state index in [1.807, 2.05) is 6.07 Å². The summed E-state index contributed by atoms with van der Waals surface area (Å²) in [5, 5.41) is 3.26. The Bertz CT molecular complexity index is 297. The van der Waals surface area contributed by atoms with E-state index in [1.54, 1.807) is 26.6 Å². The third-order valence-electron chi connectivity index (χ3n) is 1.98. The van der Waals surface area contributed by atoms with Gasteiger partial charge in [-0.2, -0.15) is 0 Å². The fraction of sp³-hybridized carbons (Fsp3) is 0.500. The van der Waals surface area contributed by atoms with Crippen LogP contribution in [0.4, 0.5) is 5.69 Å². The zero-order valence-corrected chi connectivity index (χ0v) is 10.5. The van der Waals surface area contributed by atoms with Crippen molar-refractivity contribution in [3.05, 3.63) is 22.9 Å². The first kappa shape index (κ1) is 12.4. The molecule has 0 amide bonds. The van der Waals surface area contributed by atoms with Crippen molar-refractivity contribution in [3.8, 4) is 0 Å². The first-order valence-corrected chi connectivity index (χ1v) is 5.42. The normalized spacial score (nSPS) is 12.5. The molecule has 1 unspecified atom stereocenters. The van der Waals surface area contributed by atoms with Crippen LogP contribution in [0.5, 0.6) is 0 Å². The number of ether oxygens (including phenoxy) is 2. The predicted octanol–water partition coefficient (Wildman–Crippen LogP) is 1.92. The van der Waals surface area contributed by atoms with Crippen molar-refractivity contribution in [2.75, 3.05) is 32.7 Å². The number of nitrogens with zero attached hydrogens (tertiary/aromatic N) is 1. The van der Waals surface area contributed by atoms with Gasteiger partial charge in [0.05, 0.1) is 22.9 Å². The predicted molar refractivity (Wildman–Crippen MR) is 63.1 cm³/mol. The molecule has 0 saturated heterocycles. The van der Waals surface area contributed by atoms with Crippen molar-refractivity contribution in [1.29, 1.82) is 0 Å². The molecule has 0 aliphatic heterocycles. The molecule has 1 heterocycles. The summed E-state index contributed by atoms with van der Waals surface area (Å²) in [5.41, 5.74) is 1.00. The SMILES string of the molecule is COCC(CNc1ccncc1Br)OC. The molecule has 0 aliphatic carbocycles. The van der Waals surface area contributed by atoms with Gasteiger partial charge >= 0.3 is 0 Å². The zero-order valence-electron chi connectivity index (χ0n) is 8.87. The van der Waals surface area contributed by atoms with Crippen LogP contribution < -0.4 is 5.32 Å². The summed E-state index contributed by atoms with van der Waals surface area (Å²) >= 11 is 3.41. The number of anilines is 1. The highest BCUT2D eigenvalue weighted by molar-refractivity contribution is 9.10. The largest absolute Gasteiger partial charge is 0.382 e. The van der Waals surface area contributed by atoms with Crippen molar-refractivity contribution in [2.24, 2.45) is 0 Å². The standard InChI is InChI=1S/C10H15BrN2O2/c1-14-7-8(15-2)5-13-10-3-4-12-6-9(10)11/h3-4,6,8H,5,7H2,1-2H3,(H,12,13). The maximum Gasteiger partial charge on any atom is 0.0976 e. The molecular formula is C10H15BrN2O2. The van der Waals surface area contributed by atoms with E-state index in [0.717, 1.165) is 10.2 Å². The summed E-state index contributed by atoms with van der Waals surface area (Å²) in [6.45, 7) is 1.28. The van der Waals surface area contributed by atoms with Crippen LogP contribution in [-0.4, -0.2) is 38.5 Å². The number of pyridine rings is 1. The summed E-state index contributed by atoms with van der Waals surface area (Å²) < 4.78 is 11.2. The van der Waals surface area contributed by atoms with Gasteiger partial charge in [-0.05, 0) is 22.0 Å². The van der Waals surface area contributed by atoms with E-state index in [1.165, 1.54) is 0 Å². The molecule has 0 radical (unpaired) electrons. The third kappa shape index (κ3) is 4.15. The topological polar surface area (TPSA) is 43.4 Å². The molecule has 1 aromatic rings. The average Bonchev–Trinajstić information content (AvgIpc) is 2.26. The van der Waals surface area contributed by atoms with Gasteiger partial charge in [0.1, 0.15) is 0 Å². The van der Waals surface area contributed by atoms with E-state index in [9.17, 15) is 0 Å². The first-order chi connectivity index (χ1) is 7.27. The van der Waals surface area contributed by atoms with E-state index in [-0.39, 0.29) is 6.10 Å². The van der Waals surface area contributed by atoms with E-state index in [4.69, 9.17) is 9.47 Å². The molecule has 1 N–H and O–H groups in total. The Morgan fingerprint density at radius 1 is 1.53 bits per heavy atom. The van der Waals surface area contributed by atoms with Crippen molar-refractivity contribution in [1.82, 2.24) is 4.98 Å². The Kier molecular flexibility index (Phi) is 5.60. The Labute approximate surface area is 98.1 Å². The molecule has 0 aromatic carbocycles. The minimum atomic E-state index is 0.0510. The highest BCUT2D eigenvalue weighted by atomic mass is 79.9. The molecular weight excluding hydrogens is 260 g/mol. The lowest BCUT2D eigenvalue weighted by atomic mass is 10.3. The second-order valence-electron chi connectivity index (χ2n) is 3.05. The molecule has 0 bridgehead atoms. The van der Waals surface area contributed by atoms with Crippen LogP contribution in [0.2, 0.25) is 0 Å². The molecule has 1 aromatic heterocycles. The van der Waals surface area contributed by atoms with E-state index >= 15 is 0 Å². The fourth-order valence-electron chi connectivity index (χ4n) is 1.14. The molecule has 0 saturated carbocycles. The summed E-state index contributed by atoms with van der Waals surface area (Å²) in [6.07, 6.45) is 3.54. The van der Waals surface area contributed by atoms with Gasteiger partial charge in [-0.25, -0.2) is 0 Å². The minimum absolute atomic E-state index is 0.0510. The van der Waals surface area contributed by atoms with E-state index < -0.39 is 0 Å². The number of aromatic nitrogens is 1. The maximum absolute atomic E-state index is 5.23. The first-order valence-electron chi connectivity index (χ1n) is 4.63. The summed E-state index contributed by atoms with van der Waals surface area (Å²) in [6, 6.07) is 1.91. The van der Waals surface area contributed by atoms with Crippen LogP contribution in [0, 0.1) is 0 Å². The monoisotopic (exact) mass is 274 g/mol. The molecule has 1 atom stereocenters. The summed E-state index contributed by atoms with van der Waals surface area (Å²) in [5.74, 6) is 0. The van der Waals surface area contributed by atoms with Gasteiger partial charge in [0, 0.05) is 33.2 Å². The lowest BCUT2D eigenvalue weighted by Crippen LogP contribution is -2.26. The van der Waals surface area contributed by atoms with Gasteiger partial charge in [-0.15, -0.1) is 0 Å². The molecule has 0 fully saturated rings. The van der Waals surface area contributed by atoms with Gasteiger partial charge in [-0.3, -0.25) is 4.98 Å². The van der Waals surface area contributed by atoms with Crippen LogP contribution >= 0.6 is 15.9 Å². The summed E-state index contributed by atoms with van der Waals surface area (Å²) in [4.78, 5) is 3.99. The number of methoxy groups -OCH3 is 2. The van der Waals surface area contributed by atoms with Gasteiger partial charge in [0.15, 0.2) is 0 Å². The summed E-state index contributed by atoms with van der Waals surface area (Å²) in [7, 11) is 3.33. The van der Waals surface area contributed by atoms with Crippen LogP contribution in [0.3, 0.4) is 0 Å². The van der Waals surface area contributed by atoms with Crippen LogP contribution in [0.1, 0.15) is 0 Å². The Morgan fingerprint density at radius 2 is 2.33 bits per heavy atom. The smallest absolute Gasteiger partial charge is 0.0976 e. The van der Waals surface area contributed by atoms with Crippen molar-refractivity contribution in [3.63, 3.8) is 0 Å². The average molecular weight is 275 g/mol. The molecule has 0 spiro atoms. The minimum Gasteiger partial charge on any atom is -0.382 e. The number of hydrogen-bond acceptors (Lipinski definition) is 4. The molecule has 84 valence electrons. The molecule has 15 heavy (non-hydrogen) atoms. The van der Waals surface area contributed by atoms with E-state index in [2.05, 4.69) is 26.2 Å². The van der Waals surface area contributed by atoms with Gasteiger partial charge < -0.3 is 14.8 Å². The number of halogens is 1. The van der Waals surface area contributed by atoms with Crippen LogP contribution in [-0.2, 0) is 9.47 Å². The maximum atomic E-state index is 5.23. The zero-order chi connectivity index (χ0) is 11.1. The molecule has 4 nitrogen and oxygen atoms in total. The number of hydrogen-bond donors (Lipinski definition) is 1. The second kappa shape index (κ2) is 6.76. The molecule has 0 aliphatic rings. The Balaban J connectivity index is 2.45.